The van der Waals surface area contributed by atoms with Gasteiger partial charge in [0.1, 0.15) is 5.82 Å². The number of anilines is 1. The summed E-state index contributed by atoms with van der Waals surface area (Å²) in [5, 5.41) is 1.18. The van der Waals surface area contributed by atoms with Gasteiger partial charge >= 0.3 is 0 Å². The molecule has 144 valence electrons. The van der Waals surface area contributed by atoms with Crippen molar-refractivity contribution in [3.63, 3.8) is 0 Å². The summed E-state index contributed by atoms with van der Waals surface area (Å²) in [6.45, 7) is 4.66. The lowest BCUT2D eigenvalue weighted by molar-refractivity contribution is 0.291. The normalized spacial score (nSPS) is 16.3. The smallest absolute Gasteiger partial charge is 0.104 e. The highest BCUT2D eigenvalue weighted by molar-refractivity contribution is 7.85. The molecule has 6 nitrogen and oxygen atoms in total. The molecule has 0 aliphatic carbocycles. The highest BCUT2D eigenvalue weighted by Gasteiger charge is 2.16. The molecule has 3 heterocycles. The van der Waals surface area contributed by atoms with Crippen LogP contribution in [0.5, 0.6) is 0 Å². The molecule has 0 radical (unpaired) electrons. The van der Waals surface area contributed by atoms with Crippen molar-refractivity contribution >= 4 is 38.4 Å². The van der Waals surface area contributed by atoms with E-state index in [1.54, 1.807) is 0 Å². The van der Waals surface area contributed by atoms with Crippen molar-refractivity contribution in [2.45, 2.75) is 13.5 Å². The number of imidazole rings is 1. The maximum absolute atomic E-state index is 11.6. The molecule has 1 saturated heterocycles. The fourth-order valence-electron chi connectivity index (χ4n) is 3.99. The first-order chi connectivity index (χ1) is 13.5. The highest BCUT2D eigenvalue weighted by atomic mass is 32.2. The van der Waals surface area contributed by atoms with E-state index in [9.17, 15) is 4.21 Å². The number of H-pyrrole nitrogens is 2. The Morgan fingerprint density at radius 2 is 1.93 bits per heavy atom. The second-order valence-electron chi connectivity index (χ2n) is 7.52. The van der Waals surface area contributed by atoms with Crippen LogP contribution in [0, 0.1) is 6.92 Å². The number of nitrogens with one attached hydrogen (secondary N) is 2. The summed E-state index contributed by atoms with van der Waals surface area (Å²) < 4.78 is 11.6. The molecule has 2 aromatic heterocycles. The Morgan fingerprint density at radius 1 is 1.11 bits per heavy atom. The molecule has 4 aromatic rings. The minimum Gasteiger partial charge on any atom is -0.399 e. The van der Waals surface area contributed by atoms with Crippen LogP contribution in [0.15, 0.2) is 36.4 Å². The van der Waals surface area contributed by atoms with E-state index in [0.29, 0.717) is 5.69 Å². The van der Waals surface area contributed by atoms with Gasteiger partial charge in [0.2, 0.25) is 0 Å². The van der Waals surface area contributed by atoms with Gasteiger partial charge in [-0.05, 0) is 42.8 Å². The van der Waals surface area contributed by atoms with Gasteiger partial charge in [-0.15, -0.1) is 0 Å². The maximum Gasteiger partial charge on any atom is 0.104 e. The van der Waals surface area contributed by atoms with E-state index in [1.807, 2.05) is 19.1 Å². The average Bonchev–Trinajstić information content (AvgIpc) is 3.25. The number of aryl methyl sites for hydroxylation is 1. The van der Waals surface area contributed by atoms with Gasteiger partial charge in [-0.3, -0.25) is 9.11 Å². The molecular formula is C21H23N5OS. The van der Waals surface area contributed by atoms with Crippen LogP contribution >= 0.6 is 0 Å². The van der Waals surface area contributed by atoms with Gasteiger partial charge in [-0.2, -0.15) is 0 Å². The van der Waals surface area contributed by atoms with Crippen molar-refractivity contribution in [1.29, 1.82) is 0 Å². The standard InChI is InChI=1S/C21H23N5OS/c1-13-23-20-11-16(22)10-17(21(20)24-13)19-9-15-8-14(2-3-18(15)25-19)12-26-4-6-28(27)7-5-26/h2-3,8-11,25H,4-7,12,22H2,1H3,(H,23,24). The third-order valence-electron chi connectivity index (χ3n) is 5.38. The van der Waals surface area contributed by atoms with E-state index in [-0.39, 0.29) is 0 Å². The molecule has 5 rings (SSSR count). The molecule has 1 aliphatic rings. The number of hydrogen-bond acceptors (Lipinski definition) is 4. The van der Waals surface area contributed by atoms with E-state index >= 15 is 0 Å². The Morgan fingerprint density at radius 3 is 2.75 bits per heavy atom. The van der Waals surface area contributed by atoms with Crippen LogP contribution in [0.4, 0.5) is 5.69 Å². The van der Waals surface area contributed by atoms with Gasteiger partial charge in [-0.25, -0.2) is 4.98 Å². The molecule has 0 amide bonds. The third kappa shape index (κ3) is 3.21. The minimum absolute atomic E-state index is 0.636. The first kappa shape index (κ1) is 17.5. The Hall–Kier alpha value is -2.64. The summed E-state index contributed by atoms with van der Waals surface area (Å²) in [6.07, 6.45) is 0. The summed E-state index contributed by atoms with van der Waals surface area (Å²) in [7, 11) is -0.636. The predicted octanol–water partition coefficient (Wildman–Crippen LogP) is 3.17. The number of nitrogens with zero attached hydrogens (tertiary/aromatic N) is 2. The van der Waals surface area contributed by atoms with E-state index in [4.69, 9.17) is 5.73 Å². The van der Waals surface area contributed by atoms with Crippen molar-refractivity contribution in [2.75, 3.05) is 30.3 Å². The van der Waals surface area contributed by atoms with Gasteiger partial charge < -0.3 is 15.7 Å². The van der Waals surface area contributed by atoms with Crippen molar-refractivity contribution in [2.24, 2.45) is 0 Å². The van der Waals surface area contributed by atoms with Crippen molar-refractivity contribution in [3.8, 4) is 11.3 Å². The SMILES string of the molecule is Cc1nc2c(-c3cc4cc(CN5CCS(=O)CC5)ccc4[nH]3)cc(N)cc2[nH]1. The number of nitrogen functional groups attached to an aromatic ring is 1. The van der Waals surface area contributed by atoms with Crippen molar-refractivity contribution < 1.29 is 4.21 Å². The van der Waals surface area contributed by atoms with E-state index in [0.717, 1.165) is 64.8 Å². The third-order valence-corrected chi connectivity index (χ3v) is 6.66. The number of nitrogens with two attached hydrogens (primary N) is 1. The zero-order valence-corrected chi connectivity index (χ0v) is 16.6. The van der Waals surface area contributed by atoms with Gasteiger partial charge in [-0.1, -0.05) is 6.07 Å². The molecule has 4 N–H and O–H groups in total. The van der Waals surface area contributed by atoms with Crippen LogP contribution in [-0.2, 0) is 17.3 Å². The summed E-state index contributed by atoms with van der Waals surface area (Å²) in [5.41, 5.74) is 13.1. The minimum atomic E-state index is -0.636. The van der Waals surface area contributed by atoms with E-state index in [1.165, 1.54) is 10.9 Å². The second kappa shape index (κ2) is 6.76. The number of aromatic nitrogens is 3. The Bertz CT molecular complexity index is 1200. The number of aromatic amines is 2. The Labute approximate surface area is 165 Å². The van der Waals surface area contributed by atoms with Gasteiger partial charge in [0.25, 0.3) is 0 Å². The zero-order valence-electron chi connectivity index (χ0n) is 15.8. The van der Waals surface area contributed by atoms with Crippen LogP contribution in [-0.4, -0.2) is 48.7 Å². The van der Waals surface area contributed by atoms with Crippen molar-refractivity contribution in [1.82, 2.24) is 19.9 Å². The Balaban J connectivity index is 1.50. The van der Waals surface area contributed by atoms with Crippen LogP contribution in [0.2, 0.25) is 0 Å². The molecule has 0 unspecified atom stereocenters. The number of benzene rings is 2. The number of hydrogen-bond donors (Lipinski definition) is 3. The summed E-state index contributed by atoms with van der Waals surface area (Å²) >= 11 is 0. The summed E-state index contributed by atoms with van der Waals surface area (Å²) in [5.74, 6) is 2.44. The van der Waals surface area contributed by atoms with Crippen LogP contribution < -0.4 is 5.73 Å². The average molecular weight is 394 g/mol. The summed E-state index contributed by atoms with van der Waals surface area (Å²) in [6, 6.07) is 12.6. The molecule has 1 fully saturated rings. The topological polar surface area (TPSA) is 90.8 Å². The zero-order chi connectivity index (χ0) is 19.3. The maximum atomic E-state index is 11.6. The van der Waals surface area contributed by atoms with Crippen molar-refractivity contribution in [3.05, 3.63) is 47.8 Å². The van der Waals surface area contributed by atoms with Gasteiger partial charge in [0, 0.05) is 69.8 Å². The fraction of sp³-hybridized carbons (Fsp3) is 0.286. The number of rotatable bonds is 3. The first-order valence-corrected chi connectivity index (χ1v) is 11.0. The van der Waals surface area contributed by atoms with E-state index in [2.05, 4.69) is 44.1 Å². The van der Waals surface area contributed by atoms with Crippen LogP contribution in [0.1, 0.15) is 11.4 Å². The predicted molar refractivity (Wildman–Crippen MR) is 116 cm³/mol. The highest BCUT2D eigenvalue weighted by Crippen LogP contribution is 2.32. The molecular weight excluding hydrogens is 370 g/mol. The molecule has 7 heteroatoms. The summed E-state index contributed by atoms with van der Waals surface area (Å²) in [4.78, 5) is 13.8. The lowest BCUT2D eigenvalue weighted by Crippen LogP contribution is -2.37. The monoisotopic (exact) mass is 393 g/mol. The van der Waals surface area contributed by atoms with E-state index < -0.39 is 10.8 Å². The molecule has 0 spiro atoms. The van der Waals surface area contributed by atoms with Crippen LogP contribution in [0.3, 0.4) is 0 Å². The largest absolute Gasteiger partial charge is 0.399 e. The first-order valence-electron chi connectivity index (χ1n) is 9.50. The molecule has 0 saturated carbocycles. The van der Waals surface area contributed by atoms with Gasteiger partial charge in [0.05, 0.1) is 11.0 Å². The molecule has 2 aromatic carbocycles. The lowest BCUT2D eigenvalue weighted by Gasteiger charge is -2.26. The lowest BCUT2D eigenvalue weighted by atomic mass is 10.1. The quantitative estimate of drug-likeness (QED) is 0.466. The molecule has 28 heavy (non-hydrogen) atoms. The van der Waals surface area contributed by atoms with Gasteiger partial charge in [0.15, 0.2) is 0 Å². The Kier molecular flexibility index (Phi) is 4.21. The second-order valence-corrected chi connectivity index (χ2v) is 9.21. The molecule has 1 aliphatic heterocycles. The number of fused-ring (bicyclic) bond motifs is 2. The molecule has 0 atom stereocenters. The molecule has 0 bridgehead atoms. The fourth-order valence-corrected chi connectivity index (χ4v) is 5.11. The van der Waals surface area contributed by atoms with Crippen LogP contribution in [0.25, 0.3) is 33.2 Å².